The maximum absolute atomic E-state index is 11.1. The molecule has 0 aliphatic heterocycles. The number of pyridine rings is 1. The lowest BCUT2D eigenvalue weighted by Gasteiger charge is -2.00. The van der Waals surface area contributed by atoms with Crippen molar-refractivity contribution in [1.29, 1.82) is 0 Å². The lowest BCUT2D eigenvalue weighted by Crippen LogP contribution is -2.14. The topological polar surface area (TPSA) is 78.9 Å². The van der Waals surface area contributed by atoms with E-state index in [9.17, 15) is 4.79 Å². The first-order valence-electron chi connectivity index (χ1n) is 4.42. The van der Waals surface area contributed by atoms with E-state index in [1.165, 1.54) is 6.07 Å². The molecule has 2 aromatic heterocycles. The third kappa shape index (κ3) is 1.92. The van der Waals surface area contributed by atoms with Crippen LogP contribution in [0.4, 0.5) is 0 Å². The van der Waals surface area contributed by atoms with E-state index in [4.69, 9.17) is 5.11 Å². The maximum Gasteiger partial charge on any atom is 0.269 e. The van der Waals surface area contributed by atoms with Gasteiger partial charge in [-0.2, -0.15) is 5.10 Å². The van der Waals surface area contributed by atoms with Crippen LogP contribution in [0.25, 0.3) is 11.4 Å². The summed E-state index contributed by atoms with van der Waals surface area (Å²) in [7, 11) is 0. The van der Waals surface area contributed by atoms with Gasteiger partial charge in [-0.25, -0.2) is 5.10 Å². The van der Waals surface area contributed by atoms with Gasteiger partial charge >= 0.3 is 0 Å². The van der Waals surface area contributed by atoms with Crippen LogP contribution in [0.1, 0.15) is 5.56 Å². The Morgan fingerprint density at radius 3 is 2.87 bits per heavy atom. The molecule has 2 heterocycles. The van der Waals surface area contributed by atoms with Crippen molar-refractivity contribution in [2.75, 3.05) is 0 Å². The van der Waals surface area contributed by atoms with Gasteiger partial charge in [0.15, 0.2) is 0 Å². The number of aromatic amines is 1. The number of nitrogens with zero attached hydrogens (tertiary/aromatic N) is 2. The van der Waals surface area contributed by atoms with Crippen molar-refractivity contribution < 1.29 is 5.11 Å². The molecule has 0 unspecified atom stereocenters. The largest absolute Gasteiger partial charge is 0.391 e. The number of rotatable bonds is 2. The van der Waals surface area contributed by atoms with Crippen LogP contribution in [0.2, 0.25) is 0 Å². The van der Waals surface area contributed by atoms with Crippen molar-refractivity contribution in [3.63, 3.8) is 0 Å². The molecule has 2 rings (SSSR count). The maximum atomic E-state index is 11.1. The first kappa shape index (κ1) is 9.54. The predicted molar refractivity (Wildman–Crippen MR) is 54.0 cm³/mol. The molecule has 5 nitrogen and oxygen atoms in total. The van der Waals surface area contributed by atoms with Crippen LogP contribution in [0.3, 0.4) is 0 Å². The molecular weight excluding hydrogens is 194 g/mol. The summed E-state index contributed by atoms with van der Waals surface area (Å²) in [6.07, 6.45) is 1.64. The molecule has 0 aliphatic rings. The van der Waals surface area contributed by atoms with Gasteiger partial charge in [-0.05, 0) is 18.2 Å². The molecule has 0 aliphatic carbocycles. The summed E-state index contributed by atoms with van der Waals surface area (Å²) in [6, 6.07) is 6.93. The highest BCUT2D eigenvalue weighted by atomic mass is 16.3. The fraction of sp³-hybridized carbons (Fsp3) is 0.100. The monoisotopic (exact) mass is 203 g/mol. The van der Waals surface area contributed by atoms with E-state index in [1.807, 2.05) is 6.07 Å². The molecule has 0 radical (unpaired) electrons. The van der Waals surface area contributed by atoms with Crippen molar-refractivity contribution in [3.05, 3.63) is 46.4 Å². The van der Waals surface area contributed by atoms with Gasteiger partial charge < -0.3 is 5.11 Å². The first-order valence-corrected chi connectivity index (χ1v) is 4.42. The Hall–Kier alpha value is -2.01. The molecule has 76 valence electrons. The van der Waals surface area contributed by atoms with Crippen LogP contribution in [0.15, 0.2) is 35.3 Å². The average Bonchev–Trinajstić information content (AvgIpc) is 2.31. The number of aliphatic hydroxyl groups excluding tert-OH is 1. The zero-order chi connectivity index (χ0) is 10.7. The lowest BCUT2D eigenvalue weighted by atomic mass is 10.2. The minimum absolute atomic E-state index is 0.283. The zero-order valence-electron chi connectivity index (χ0n) is 7.84. The van der Waals surface area contributed by atoms with Crippen molar-refractivity contribution in [2.45, 2.75) is 6.61 Å². The smallest absolute Gasteiger partial charge is 0.269 e. The second-order valence-electron chi connectivity index (χ2n) is 2.98. The fourth-order valence-corrected chi connectivity index (χ4v) is 1.21. The molecule has 5 heteroatoms. The molecule has 2 N–H and O–H groups in total. The Bertz CT molecular complexity index is 508. The Labute approximate surface area is 85.4 Å². The number of hydrogen-bond acceptors (Lipinski definition) is 4. The van der Waals surface area contributed by atoms with Crippen molar-refractivity contribution in [1.82, 2.24) is 15.2 Å². The number of H-pyrrole nitrogens is 1. The summed E-state index contributed by atoms with van der Waals surface area (Å²) in [5, 5.41) is 15.1. The average molecular weight is 203 g/mol. The highest BCUT2D eigenvalue weighted by Gasteiger charge is 2.04. The Morgan fingerprint density at radius 1 is 1.33 bits per heavy atom. The second-order valence-corrected chi connectivity index (χ2v) is 2.98. The molecule has 2 aromatic rings. The Morgan fingerprint density at radius 2 is 2.20 bits per heavy atom. The van der Waals surface area contributed by atoms with Crippen LogP contribution in [-0.2, 0) is 6.61 Å². The van der Waals surface area contributed by atoms with Gasteiger partial charge in [0.25, 0.3) is 5.56 Å². The summed E-state index contributed by atoms with van der Waals surface area (Å²) in [4.78, 5) is 15.2. The van der Waals surface area contributed by atoms with Gasteiger partial charge in [-0.3, -0.25) is 9.78 Å². The lowest BCUT2D eigenvalue weighted by molar-refractivity contribution is 0.280. The molecule has 0 atom stereocenters. The molecule has 0 amide bonds. The van der Waals surface area contributed by atoms with Crippen molar-refractivity contribution >= 4 is 0 Å². The number of aromatic nitrogens is 3. The van der Waals surface area contributed by atoms with E-state index >= 15 is 0 Å². The SMILES string of the molecule is O=c1[nH]nc(-c2ccccn2)cc1CO. The summed E-state index contributed by atoms with van der Waals surface area (Å²) in [5.74, 6) is 0. The van der Waals surface area contributed by atoms with Gasteiger partial charge in [0.2, 0.25) is 0 Å². The van der Waals surface area contributed by atoms with Gasteiger partial charge in [0.1, 0.15) is 5.69 Å². The summed E-state index contributed by atoms with van der Waals surface area (Å²) >= 11 is 0. The van der Waals surface area contributed by atoms with E-state index in [2.05, 4.69) is 15.2 Å². The van der Waals surface area contributed by atoms with Gasteiger partial charge in [-0.15, -0.1) is 0 Å². The van der Waals surface area contributed by atoms with Crippen LogP contribution >= 0.6 is 0 Å². The number of hydrogen-bond donors (Lipinski definition) is 2. The van der Waals surface area contributed by atoms with Crippen LogP contribution in [-0.4, -0.2) is 20.3 Å². The Balaban J connectivity index is 2.51. The summed E-state index contributed by atoms with van der Waals surface area (Å²) in [6.45, 7) is -0.308. The van der Waals surface area contributed by atoms with Crippen molar-refractivity contribution in [3.8, 4) is 11.4 Å². The summed E-state index contributed by atoms with van der Waals surface area (Å²) in [5.41, 5.74) is 1.10. The predicted octanol–water partition coefficient (Wildman–Crippen LogP) is 0.324. The first-order chi connectivity index (χ1) is 7.31. The third-order valence-electron chi connectivity index (χ3n) is 1.98. The molecule has 15 heavy (non-hydrogen) atoms. The normalized spacial score (nSPS) is 10.2. The molecule has 0 bridgehead atoms. The highest BCUT2D eigenvalue weighted by Crippen LogP contribution is 2.11. The molecule has 0 aromatic carbocycles. The number of aliphatic hydroxyl groups is 1. The second kappa shape index (κ2) is 4.02. The molecular formula is C10H9N3O2. The van der Waals surface area contributed by atoms with Gasteiger partial charge in [0, 0.05) is 11.8 Å². The van der Waals surface area contributed by atoms with E-state index < -0.39 is 0 Å². The standard InChI is InChI=1S/C10H9N3O2/c14-6-7-5-9(12-13-10(7)15)8-3-1-2-4-11-8/h1-5,14H,6H2,(H,13,15). The zero-order valence-corrected chi connectivity index (χ0v) is 7.84. The van der Waals surface area contributed by atoms with Crippen LogP contribution in [0.5, 0.6) is 0 Å². The molecule has 0 saturated heterocycles. The van der Waals surface area contributed by atoms with Crippen molar-refractivity contribution in [2.24, 2.45) is 0 Å². The number of nitrogens with one attached hydrogen (secondary N) is 1. The summed E-state index contributed by atoms with van der Waals surface area (Å²) < 4.78 is 0. The quantitative estimate of drug-likeness (QED) is 0.736. The van der Waals surface area contributed by atoms with E-state index in [0.29, 0.717) is 11.4 Å². The molecule has 0 saturated carbocycles. The molecule has 0 spiro atoms. The highest BCUT2D eigenvalue weighted by molar-refractivity contribution is 5.53. The van der Waals surface area contributed by atoms with Crippen LogP contribution in [0, 0.1) is 0 Å². The van der Waals surface area contributed by atoms with Crippen LogP contribution < -0.4 is 5.56 Å². The Kier molecular flexibility index (Phi) is 2.55. The third-order valence-corrected chi connectivity index (χ3v) is 1.98. The van der Waals surface area contributed by atoms with E-state index in [1.54, 1.807) is 18.3 Å². The minimum Gasteiger partial charge on any atom is -0.391 e. The van der Waals surface area contributed by atoms with Gasteiger partial charge in [0.05, 0.1) is 12.3 Å². The van der Waals surface area contributed by atoms with Gasteiger partial charge in [-0.1, -0.05) is 6.07 Å². The minimum atomic E-state index is -0.378. The molecule has 0 fully saturated rings. The van der Waals surface area contributed by atoms with E-state index in [0.717, 1.165) is 0 Å². The van der Waals surface area contributed by atoms with E-state index in [-0.39, 0.29) is 17.7 Å². The fourth-order valence-electron chi connectivity index (χ4n) is 1.21.